The summed E-state index contributed by atoms with van der Waals surface area (Å²) in [6.07, 6.45) is 0. The molecule has 0 atom stereocenters. The SMILES string of the molecule is Cc1ccc2[nH]c(-c3cc(C(=O)O)nn3C)cc2c1. The number of aromatic amines is 1. The van der Waals surface area contributed by atoms with Gasteiger partial charge in [0.05, 0.1) is 11.4 Å². The lowest BCUT2D eigenvalue weighted by molar-refractivity contribution is 0.0689. The van der Waals surface area contributed by atoms with Gasteiger partial charge in [-0.15, -0.1) is 0 Å². The second-order valence-corrected chi connectivity index (χ2v) is 4.62. The molecule has 2 aromatic heterocycles. The van der Waals surface area contributed by atoms with Gasteiger partial charge in [0.15, 0.2) is 5.69 Å². The molecule has 19 heavy (non-hydrogen) atoms. The zero-order valence-corrected chi connectivity index (χ0v) is 10.6. The van der Waals surface area contributed by atoms with Gasteiger partial charge in [-0.3, -0.25) is 4.68 Å². The van der Waals surface area contributed by atoms with Crippen LogP contribution in [0, 0.1) is 6.92 Å². The van der Waals surface area contributed by atoms with E-state index in [0.717, 1.165) is 22.3 Å². The Labute approximate surface area is 109 Å². The molecule has 0 spiro atoms. The molecule has 3 rings (SSSR count). The number of aromatic nitrogens is 3. The molecule has 5 heteroatoms. The zero-order valence-electron chi connectivity index (χ0n) is 10.6. The molecule has 0 aliphatic heterocycles. The third-order valence-corrected chi connectivity index (χ3v) is 3.15. The first-order valence-electron chi connectivity index (χ1n) is 5.91. The molecule has 0 amide bonds. The lowest BCUT2D eigenvalue weighted by Crippen LogP contribution is -1.99. The Bertz CT molecular complexity index is 783. The lowest BCUT2D eigenvalue weighted by Gasteiger charge is -1.96. The largest absolute Gasteiger partial charge is 0.476 e. The Kier molecular flexibility index (Phi) is 2.41. The smallest absolute Gasteiger partial charge is 0.356 e. The molecule has 1 aromatic carbocycles. The van der Waals surface area contributed by atoms with E-state index in [-0.39, 0.29) is 5.69 Å². The van der Waals surface area contributed by atoms with Gasteiger partial charge in [0.1, 0.15) is 0 Å². The van der Waals surface area contributed by atoms with Gasteiger partial charge in [-0.2, -0.15) is 5.10 Å². The zero-order chi connectivity index (χ0) is 13.6. The standard InChI is InChI=1S/C14H13N3O2/c1-8-3-4-10-9(5-8)6-11(15-10)13-7-12(14(18)19)16-17(13)2/h3-7,15H,1-2H3,(H,18,19). The third kappa shape index (κ3) is 1.89. The highest BCUT2D eigenvalue weighted by atomic mass is 16.4. The Morgan fingerprint density at radius 2 is 2.11 bits per heavy atom. The number of rotatable bonds is 2. The van der Waals surface area contributed by atoms with Crippen molar-refractivity contribution in [2.75, 3.05) is 0 Å². The summed E-state index contributed by atoms with van der Waals surface area (Å²) in [6.45, 7) is 2.04. The number of carboxylic acids is 1. The van der Waals surface area contributed by atoms with Gasteiger partial charge in [-0.25, -0.2) is 4.79 Å². The van der Waals surface area contributed by atoms with Crippen LogP contribution in [0.25, 0.3) is 22.3 Å². The Morgan fingerprint density at radius 3 is 2.79 bits per heavy atom. The minimum atomic E-state index is -1.02. The molecule has 0 bridgehead atoms. The monoisotopic (exact) mass is 255 g/mol. The Hall–Kier alpha value is -2.56. The van der Waals surface area contributed by atoms with Crippen LogP contribution < -0.4 is 0 Å². The van der Waals surface area contributed by atoms with Crippen LogP contribution >= 0.6 is 0 Å². The van der Waals surface area contributed by atoms with E-state index in [9.17, 15) is 4.79 Å². The number of hydrogen-bond acceptors (Lipinski definition) is 2. The van der Waals surface area contributed by atoms with Crippen LogP contribution in [0.1, 0.15) is 16.1 Å². The number of hydrogen-bond donors (Lipinski definition) is 2. The summed E-state index contributed by atoms with van der Waals surface area (Å²) in [5.74, 6) is -1.02. The second-order valence-electron chi connectivity index (χ2n) is 4.62. The highest BCUT2D eigenvalue weighted by Gasteiger charge is 2.14. The number of benzene rings is 1. The molecule has 2 N–H and O–H groups in total. The highest BCUT2D eigenvalue weighted by molar-refractivity contribution is 5.89. The van der Waals surface area contributed by atoms with Crippen LogP contribution in [0.5, 0.6) is 0 Å². The molecule has 5 nitrogen and oxygen atoms in total. The quantitative estimate of drug-likeness (QED) is 0.739. The minimum Gasteiger partial charge on any atom is -0.476 e. The van der Waals surface area contributed by atoms with E-state index in [1.807, 2.05) is 25.1 Å². The van der Waals surface area contributed by atoms with Crippen LogP contribution in [0.3, 0.4) is 0 Å². The summed E-state index contributed by atoms with van der Waals surface area (Å²) in [5, 5.41) is 14.0. The number of carboxylic acid groups (broad SMARTS) is 1. The molecule has 0 aliphatic carbocycles. The maximum absolute atomic E-state index is 10.9. The summed E-state index contributed by atoms with van der Waals surface area (Å²) in [6, 6.07) is 9.71. The normalized spacial score (nSPS) is 11.1. The molecule has 0 saturated carbocycles. The van der Waals surface area contributed by atoms with Crippen molar-refractivity contribution in [2.45, 2.75) is 6.92 Å². The average molecular weight is 255 g/mol. The van der Waals surface area contributed by atoms with E-state index in [1.54, 1.807) is 17.8 Å². The van der Waals surface area contributed by atoms with Crippen LogP contribution in [0.4, 0.5) is 0 Å². The first-order valence-corrected chi connectivity index (χ1v) is 5.91. The number of carbonyl (C=O) groups is 1. The molecular weight excluding hydrogens is 242 g/mol. The van der Waals surface area contributed by atoms with Gasteiger partial charge in [0, 0.05) is 24.0 Å². The molecule has 0 radical (unpaired) electrons. The topological polar surface area (TPSA) is 70.9 Å². The first-order chi connectivity index (χ1) is 9.04. The fourth-order valence-corrected chi connectivity index (χ4v) is 2.21. The number of nitrogens with one attached hydrogen (secondary N) is 1. The summed E-state index contributed by atoms with van der Waals surface area (Å²) in [7, 11) is 1.73. The van der Waals surface area contributed by atoms with Crippen molar-refractivity contribution < 1.29 is 9.90 Å². The molecule has 2 heterocycles. The number of aromatic carboxylic acids is 1. The lowest BCUT2D eigenvalue weighted by atomic mass is 10.2. The summed E-state index contributed by atoms with van der Waals surface area (Å²) >= 11 is 0. The predicted octanol–water partition coefficient (Wildman–Crippen LogP) is 2.58. The fourth-order valence-electron chi connectivity index (χ4n) is 2.21. The second kappa shape index (κ2) is 3.98. The molecule has 0 aliphatic rings. The third-order valence-electron chi connectivity index (χ3n) is 3.15. The number of H-pyrrole nitrogens is 1. The van der Waals surface area contributed by atoms with Gasteiger partial charge in [-0.05, 0) is 25.1 Å². The van der Waals surface area contributed by atoms with E-state index < -0.39 is 5.97 Å². The molecule has 0 saturated heterocycles. The van der Waals surface area contributed by atoms with E-state index >= 15 is 0 Å². The van der Waals surface area contributed by atoms with Crippen LogP contribution in [-0.4, -0.2) is 25.8 Å². The number of nitrogens with zero attached hydrogens (tertiary/aromatic N) is 2. The van der Waals surface area contributed by atoms with Gasteiger partial charge >= 0.3 is 5.97 Å². The van der Waals surface area contributed by atoms with Crippen molar-refractivity contribution in [1.82, 2.24) is 14.8 Å². The van der Waals surface area contributed by atoms with Crippen molar-refractivity contribution in [3.63, 3.8) is 0 Å². The van der Waals surface area contributed by atoms with E-state index in [0.29, 0.717) is 0 Å². The van der Waals surface area contributed by atoms with Crippen molar-refractivity contribution in [3.05, 3.63) is 41.6 Å². The summed E-state index contributed by atoms with van der Waals surface area (Å²) in [4.78, 5) is 14.2. The van der Waals surface area contributed by atoms with Crippen molar-refractivity contribution in [1.29, 1.82) is 0 Å². The summed E-state index contributed by atoms with van der Waals surface area (Å²) in [5.41, 5.74) is 3.88. The first kappa shape index (κ1) is 11.5. The van der Waals surface area contributed by atoms with Gasteiger partial charge in [-0.1, -0.05) is 11.6 Å². The van der Waals surface area contributed by atoms with Gasteiger partial charge in [0.2, 0.25) is 0 Å². The van der Waals surface area contributed by atoms with E-state index in [4.69, 9.17) is 5.11 Å². The van der Waals surface area contributed by atoms with Crippen LogP contribution in [-0.2, 0) is 7.05 Å². The molecule has 3 aromatic rings. The molecule has 0 unspecified atom stereocenters. The average Bonchev–Trinajstić information content (AvgIpc) is 2.91. The minimum absolute atomic E-state index is 0.0485. The van der Waals surface area contributed by atoms with E-state index in [1.165, 1.54) is 5.56 Å². The molecular formula is C14H13N3O2. The van der Waals surface area contributed by atoms with E-state index in [2.05, 4.69) is 16.1 Å². The van der Waals surface area contributed by atoms with Gasteiger partial charge < -0.3 is 10.1 Å². The highest BCUT2D eigenvalue weighted by Crippen LogP contribution is 2.25. The molecule has 96 valence electrons. The van der Waals surface area contributed by atoms with Gasteiger partial charge in [0.25, 0.3) is 0 Å². The Balaban J connectivity index is 2.16. The fraction of sp³-hybridized carbons (Fsp3) is 0.143. The van der Waals surface area contributed by atoms with Crippen LogP contribution in [0.2, 0.25) is 0 Å². The predicted molar refractivity (Wildman–Crippen MR) is 72.2 cm³/mol. The van der Waals surface area contributed by atoms with Crippen molar-refractivity contribution in [3.8, 4) is 11.4 Å². The van der Waals surface area contributed by atoms with Crippen molar-refractivity contribution in [2.24, 2.45) is 7.05 Å². The Morgan fingerprint density at radius 1 is 1.32 bits per heavy atom. The van der Waals surface area contributed by atoms with Crippen LogP contribution in [0.15, 0.2) is 30.3 Å². The molecule has 0 fully saturated rings. The maximum atomic E-state index is 10.9. The maximum Gasteiger partial charge on any atom is 0.356 e. The van der Waals surface area contributed by atoms with Crippen molar-refractivity contribution >= 4 is 16.9 Å². The number of fused-ring (bicyclic) bond motifs is 1. The summed E-state index contributed by atoms with van der Waals surface area (Å²) < 4.78 is 1.57. The number of aryl methyl sites for hydroxylation is 2.